The zero-order valence-corrected chi connectivity index (χ0v) is 13.9. The highest BCUT2D eigenvalue weighted by Gasteiger charge is 2.12. The topological polar surface area (TPSA) is 12.0 Å². The van der Waals surface area contributed by atoms with Crippen molar-refractivity contribution >= 4 is 27.3 Å². The lowest BCUT2D eigenvalue weighted by atomic mass is 10.0. The fourth-order valence-corrected chi connectivity index (χ4v) is 3.62. The predicted molar refractivity (Wildman–Crippen MR) is 87.9 cm³/mol. The van der Waals surface area contributed by atoms with Crippen molar-refractivity contribution in [3.8, 4) is 0 Å². The molecular formula is C16H20BrNS. The molecule has 0 bridgehead atoms. The molecule has 1 nitrogen and oxygen atoms in total. The molecule has 0 amide bonds. The summed E-state index contributed by atoms with van der Waals surface area (Å²) in [6.45, 7) is 5.40. The molecule has 1 unspecified atom stereocenters. The third-order valence-corrected chi connectivity index (χ3v) is 4.80. The third-order valence-electron chi connectivity index (χ3n) is 3.15. The highest BCUT2D eigenvalue weighted by molar-refractivity contribution is 9.11. The van der Waals surface area contributed by atoms with Gasteiger partial charge in [0.15, 0.2) is 0 Å². The van der Waals surface area contributed by atoms with Gasteiger partial charge in [0.25, 0.3) is 0 Å². The Balaban J connectivity index is 2.13. The number of rotatable bonds is 6. The zero-order valence-electron chi connectivity index (χ0n) is 11.4. The van der Waals surface area contributed by atoms with Crippen LogP contribution in [0.4, 0.5) is 0 Å². The van der Waals surface area contributed by atoms with Gasteiger partial charge in [-0.05, 0) is 53.5 Å². The molecule has 0 spiro atoms. The maximum atomic E-state index is 3.65. The fraction of sp³-hybridized carbons (Fsp3) is 0.375. The number of thiophene rings is 1. The molecule has 1 heterocycles. The van der Waals surface area contributed by atoms with Gasteiger partial charge in [0.1, 0.15) is 0 Å². The van der Waals surface area contributed by atoms with Gasteiger partial charge in [0, 0.05) is 17.3 Å². The summed E-state index contributed by atoms with van der Waals surface area (Å²) in [6, 6.07) is 13.6. The summed E-state index contributed by atoms with van der Waals surface area (Å²) in [5.41, 5.74) is 2.69. The molecule has 0 aliphatic carbocycles. The molecule has 2 aromatic rings. The number of aryl methyl sites for hydroxylation is 1. The van der Waals surface area contributed by atoms with E-state index in [1.165, 1.54) is 19.8 Å². The minimum atomic E-state index is 0.408. The van der Waals surface area contributed by atoms with Crippen molar-refractivity contribution < 1.29 is 0 Å². The van der Waals surface area contributed by atoms with Crippen LogP contribution >= 0.6 is 27.3 Å². The van der Waals surface area contributed by atoms with Crippen molar-refractivity contribution in [2.45, 2.75) is 32.7 Å². The molecule has 3 heteroatoms. The Bertz CT molecular complexity index is 504. The minimum absolute atomic E-state index is 0.408. The van der Waals surface area contributed by atoms with Crippen LogP contribution in [0.15, 0.2) is 40.2 Å². The Morgan fingerprint density at radius 2 is 1.89 bits per heavy atom. The van der Waals surface area contributed by atoms with E-state index in [9.17, 15) is 0 Å². The lowest BCUT2D eigenvalue weighted by Crippen LogP contribution is -2.23. The van der Waals surface area contributed by atoms with Gasteiger partial charge in [-0.1, -0.05) is 36.8 Å². The van der Waals surface area contributed by atoms with Crippen LogP contribution in [-0.4, -0.2) is 6.54 Å². The Hall–Kier alpha value is -0.640. The summed E-state index contributed by atoms with van der Waals surface area (Å²) < 4.78 is 1.21. The summed E-state index contributed by atoms with van der Waals surface area (Å²) >= 11 is 5.36. The second kappa shape index (κ2) is 7.22. The third kappa shape index (κ3) is 4.44. The average Bonchev–Trinajstić information content (AvgIpc) is 2.81. The van der Waals surface area contributed by atoms with Gasteiger partial charge in [-0.25, -0.2) is 0 Å². The standard InChI is InChI=1S/C16H20BrNS/c1-3-10-18-15(11-14-8-9-16(17)19-14)13-6-4-12(2)5-7-13/h4-9,15,18H,3,10-11H2,1-2H3. The van der Waals surface area contributed by atoms with Crippen LogP contribution < -0.4 is 5.32 Å². The van der Waals surface area contributed by atoms with Crippen LogP contribution in [-0.2, 0) is 6.42 Å². The molecule has 2 rings (SSSR count). The van der Waals surface area contributed by atoms with Crippen LogP contribution in [0.3, 0.4) is 0 Å². The first-order valence-electron chi connectivity index (χ1n) is 6.73. The SMILES string of the molecule is CCCNC(Cc1ccc(Br)s1)c1ccc(C)cc1. The second-order valence-electron chi connectivity index (χ2n) is 4.83. The van der Waals surface area contributed by atoms with Gasteiger partial charge in [0.05, 0.1) is 3.79 Å². The summed E-state index contributed by atoms with van der Waals surface area (Å²) in [7, 11) is 0. The normalized spacial score (nSPS) is 12.6. The molecule has 0 radical (unpaired) electrons. The van der Waals surface area contributed by atoms with Crippen molar-refractivity contribution in [1.82, 2.24) is 5.32 Å². The molecule has 0 saturated carbocycles. The number of benzene rings is 1. The van der Waals surface area contributed by atoms with Crippen LogP contribution in [0.1, 0.15) is 35.4 Å². The number of nitrogens with one attached hydrogen (secondary N) is 1. The van der Waals surface area contributed by atoms with Gasteiger partial charge in [0.2, 0.25) is 0 Å². The Kier molecular flexibility index (Phi) is 5.61. The monoisotopic (exact) mass is 337 g/mol. The summed E-state index contributed by atoms with van der Waals surface area (Å²) in [4.78, 5) is 1.42. The average molecular weight is 338 g/mol. The number of hydrogen-bond acceptors (Lipinski definition) is 2. The first-order valence-corrected chi connectivity index (χ1v) is 8.34. The predicted octanol–water partition coefficient (Wildman–Crippen LogP) is 5.10. The molecule has 1 aromatic heterocycles. The highest BCUT2D eigenvalue weighted by atomic mass is 79.9. The molecule has 1 N–H and O–H groups in total. The Morgan fingerprint density at radius 3 is 2.47 bits per heavy atom. The largest absolute Gasteiger partial charge is 0.310 e. The molecule has 1 atom stereocenters. The van der Waals surface area contributed by atoms with E-state index < -0.39 is 0 Å². The van der Waals surface area contributed by atoms with E-state index in [4.69, 9.17) is 0 Å². The highest BCUT2D eigenvalue weighted by Crippen LogP contribution is 2.27. The van der Waals surface area contributed by atoms with Gasteiger partial charge in [-0.2, -0.15) is 0 Å². The van der Waals surface area contributed by atoms with Gasteiger partial charge in [-0.15, -0.1) is 11.3 Å². The van der Waals surface area contributed by atoms with Crippen molar-refractivity contribution in [2.24, 2.45) is 0 Å². The van der Waals surface area contributed by atoms with Crippen LogP contribution in [0, 0.1) is 6.92 Å². The molecule has 0 aliphatic rings. The van der Waals surface area contributed by atoms with E-state index >= 15 is 0 Å². The maximum absolute atomic E-state index is 3.65. The molecule has 0 fully saturated rings. The maximum Gasteiger partial charge on any atom is 0.0701 e. The van der Waals surface area contributed by atoms with Gasteiger partial charge in [-0.3, -0.25) is 0 Å². The smallest absolute Gasteiger partial charge is 0.0701 e. The first kappa shape index (κ1) is 14.8. The quantitative estimate of drug-likeness (QED) is 0.772. The van der Waals surface area contributed by atoms with E-state index in [0.717, 1.165) is 19.4 Å². The number of hydrogen-bond donors (Lipinski definition) is 1. The van der Waals surface area contributed by atoms with E-state index in [-0.39, 0.29) is 0 Å². The summed E-state index contributed by atoms with van der Waals surface area (Å²) in [5, 5.41) is 3.65. The van der Waals surface area contributed by atoms with Gasteiger partial charge < -0.3 is 5.32 Å². The van der Waals surface area contributed by atoms with E-state index in [2.05, 4.69) is 71.5 Å². The van der Waals surface area contributed by atoms with Crippen molar-refractivity contribution in [3.63, 3.8) is 0 Å². The van der Waals surface area contributed by atoms with Crippen molar-refractivity contribution in [2.75, 3.05) is 6.54 Å². The second-order valence-corrected chi connectivity index (χ2v) is 7.37. The first-order chi connectivity index (χ1) is 9.19. The molecular weight excluding hydrogens is 318 g/mol. The van der Waals surface area contributed by atoms with Crippen LogP contribution in [0.2, 0.25) is 0 Å². The lowest BCUT2D eigenvalue weighted by Gasteiger charge is -2.18. The van der Waals surface area contributed by atoms with Crippen molar-refractivity contribution in [3.05, 3.63) is 56.2 Å². The fourth-order valence-electron chi connectivity index (χ4n) is 2.09. The van der Waals surface area contributed by atoms with Crippen LogP contribution in [0.25, 0.3) is 0 Å². The van der Waals surface area contributed by atoms with Crippen molar-refractivity contribution in [1.29, 1.82) is 0 Å². The molecule has 0 saturated heterocycles. The van der Waals surface area contributed by atoms with E-state index in [1.54, 1.807) is 0 Å². The molecule has 1 aromatic carbocycles. The Labute approximate surface area is 128 Å². The van der Waals surface area contributed by atoms with Crippen LogP contribution in [0.5, 0.6) is 0 Å². The molecule has 19 heavy (non-hydrogen) atoms. The zero-order chi connectivity index (χ0) is 13.7. The molecule has 0 aliphatic heterocycles. The summed E-state index contributed by atoms with van der Waals surface area (Å²) in [5.74, 6) is 0. The Morgan fingerprint density at radius 1 is 1.16 bits per heavy atom. The van der Waals surface area contributed by atoms with E-state index in [0.29, 0.717) is 6.04 Å². The number of halogens is 1. The molecule has 102 valence electrons. The summed E-state index contributed by atoms with van der Waals surface area (Å²) in [6.07, 6.45) is 2.22. The minimum Gasteiger partial charge on any atom is -0.310 e. The van der Waals surface area contributed by atoms with E-state index in [1.807, 2.05) is 11.3 Å². The lowest BCUT2D eigenvalue weighted by molar-refractivity contribution is 0.532. The van der Waals surface area contributed by atoms with Gasteiger partial charge >= 0.3 is 0 Å².